The van der Waals surface area contributed by atoms with Gasteiger partial charge >= 0.3 is 0 Å². The molecule has 0 spiro atoms. The Balaban J connectivity index is 2.13. The minimum atomic E-state index is 0.181. The third-order valence-corrected chi connectivity index (χ3v) is 5.38. The zero-order valence-corrected chi connectivity index (χ0v) is 14.5. The van der Waals surface area contributed by atoms with Crippen molar-refractivity contribution in [2.45, 2.75) is 59.9 Å². The minimum absolute atomic E-state index is 0.181. The maximum atomic E-state index is 13.2. The monoisotopic (exact) mass is 295 g/mol. The van der Waals surface area contributed by atoms with Crippen molar-refractivity contribution >= 4 is 5.91 Å². The lowest BCUT2D eigenvalue weighted by atomic mass is 9.78. The molecule has 3 atom stereocenters. The number of amides is 1. The molecule has 0 aromatic heterocycles. The van der Waals surface area contributed by atoms with Crippen molar-refractivity contribution in [3.63, 3.8) is 0 Å². The molecule has 2 heterocycles. The van der Waals surface area contributed by atoms with E-state index in [9.17, 15) is 4.79 Å². The van der Waals surface area contributed by atoms with Gasteiger partial charge in [-0.25, -0.2) is 0 Å². The summed E-state index contributed by atoms with van der Waals surface area (Å²) in [4.78, 5) is 15.4. The van der Waals surface area contributed by atoms with E-state index >= 15 is 0 Å². The van der Waals surface area contributed by atoms with Crippen LogP contribution in [0.25, 0.3) is 0 Å². The number of rotatable bonds is 4. The summed E-state index contributed by atoms with van der Waals surface area (Å²) in [6.45, 7) is 13.8. The molecule has 3 heteroatoms. The molecular formula is C18H33NO2. The van der Waals surface area contributed by atoms with Crippen molar-refractivity contribution in [3.05, 3.63) is 0 Å². The summed E-state index contributed by atoms with van der Waals surface area (Å²) < 4.78 is 5.49. The maximum Gasteiger partial charge on any atom is 0.226 e. The van der Waals surface area contributed by atoms with Gasteiger partial charge in [0.15, 0.2) is 0 Å². The van der Waals surface area contributed by atoms with Crippen molar-refractivity contribution in [2.75, 3.05) is 19.8 Å². The summed E-state index contributed by atoms with van der Waals surface area (Å²) in [7, 11) is 0. The third-order valence-electron chi connectivity index (χ3n) is 5.38. The van der Waals surface area contributed by atoms with Crippen molar-refractivity contribution < 1.29 is 9.53 Å². The molecular weight excluding hydrogens is 262 g/mol. The van der Waals surface area contributed by atoms with Crippen LogP contribution >= 0.6 is 0 Å². The molecule has 0 radical (unpaired) electrons. The molecule has 21 heavy (non-hydrogen) atoms. The van der Waals surface area contributed by atoms with Crippen LogP contribution in [0.1, 0.15) is 53.9 Å². The average Bonchev–Trinajstić information content (AvgIpc) is 2.82. The van der Waals surface area contributed by atoms with E-state index in [4.69, 9.17) is 4.74 Å². The van der Waals surface area contributed by atoms with E-state index in [-0.39, 0.29) is 5.92 Å². The molecule has 2 rings (SSSR count). The van der Waals surface area contributed by atoms with E-state index < -0.39 is 0 Å². The number of nitrogens with zero attached hydrogens (tertiary/aromatic N) is 1. The summed E-state index contributed by atoms with van der Waals surface area (Å²) in [6, 6.07) is 0.439. The van der Waals surface area contributed by atoms with E-state index in [2.05, 4.69) is 39.5 Å². The Kier molecular flexibility index (Phi) is 5.70. The number of hydrogen-bond acceptors (Lipinski definition) is 2. The van der Waals surface area contributed by atoms with Gasteiger partial charge in [0.2, 0.25) is 5.91 Å². The first-order chi connectivity index (χ1) is 9.91. The summed E-state index contributed by atoms with van der Waals surface area (Å²) in [5.41, 5.74) is 0. The summed E-state index contributed by atoms with van der Waals surface area (Å²) in [6.07, 6.45) is 3.26. The van der Waals surface area contributed by atoms with Crippen molar-refractivity contribution in [1.29, 1.82) is 0 Å². The zero-order valence-electron chi connectivity index (χ0n) is 14.5. The van der Waals surface area contributed by atoms with Gasteiger partial charge in [0.25, 0.3) is 0 Å². The fraction of sp³-hybridized carbons (Fsp3) is 0.944. The Hall–Kier alpha value is -0.570. The van der Waals surface area contributed by atoms with Gasteiger partial charge < -0.3 is 9.64 Å². The fourth-order valence-corrected chi connectivity index (χ4v) is 4.27. The predicted molar refractivity (Wildman–Crippen MR) is 86.0 cm³/mol. The quantitative estimate of drug-likeness (QED) is 0.793. The lowest BCUT2D eigenvalue weighted by Crippen LogP contribution is -2.46. The van der Waals surface area contributed by atoms with Gasteiger partial charge in [-0.1, -0.05) is 34.6 Å². The van der Waals surface area contributed by atoms with Crippen LogP contribution in [-0.2, 0) is 9.53 Å². The van der Waals surface area contributed by atoms with Crippen LogP contribution in [0.3, 0.4) is 0 Å². The molecule has 2 saturated heterocycles. The molecule has 1 amide bonds. The van der Waals surface area contributed by atoms with Crippen molar-refractivity contribution in [2.24, 2.45) is 29.6 Å². The number of likely N-dealkylation sites (tertiary alicyclic amines) is 1. The Morgan fingerprint density at radius 2 is 1.76 bits per heavy atom. The van der Waals surface area contributed by atoms with E-state index in [1.807, 2.05) is 0 Å². The molecule has 2 aliphatic rings. The van der Waals surface area contributed by atoms with E-state index in [1.165, 1.54) is 6.42 Å². The lowest BCUT2D eigenvalue weighted by Gasteiger charge is -2.37. The van der Waals surface area contributed by atoms with Crippen LogP contribution in [0, 0.1) is 29.6 Å². The highest BCUT2D eigenvalue weighted by Gasteiger charge is 2.41. The number of carbonyl (C=O) groups is 1. The highest BCUT2D eigenvalue weighted by atomic mass is 16.5. The molecule has 2 aliphatic heterocycles. The molecule has 0 aliphatic carbocycles. The second-order valence-electron chi connectivity index (χ2n) is 7.86. The normalized spacial score (nSPS) is 29.4. The number of hydrogen-bond donors (Lipinski definition) is 0. The van der Waals surface area contributed by atoms with Crippen LogP contribution in [-0.4, -0.2) is 36.6 Å². The van der Waals surface area contributed by atoms with E-state index in [0.717, 1.165) is 32.6 Å². The Morgan fingerprint density at radius 3 is 2.29 bits per heavy atom. The van der Waals surface area contributed by atoms with Gasteiger partial charge in [0.05, 0.1) is 0 Å². The smallest absolute Gasteiger partial charge is 0.226 e. The highest BCUT2D eigenvalue weighted by molar-refractivity contribution is 5.80. The summed E-state index contributed by atoms with van der Waals surface area (Å²) >= 11 is 0. The van der Waals surface area contributed by atoms with Crippen LogP contribution in [0.15, 0.2) is 0 Å². The van der Waals surface area contributed by atoms with Gasteiger partial charge in [-0.3, -0.25) is 4.79 Å². The first-order valence-electron chi connectivity index (χ1n) is 8.80. The van der Waals surface area contributed by atoms with Crippen molar-refractivity contribution in [3.8, 4) is 0 Å². The largest absolute Gasteiger partial charge is 0.381 e. The number of carbonyl (C=O) groups excluding carboxylic acids is 1. The summed E-state index contributed by atoms with van der Waals surface area (Å²) in [5, 5.41) is 0. The Bertz CT molecular complexity index is 347. The third kappa shape index (κ3) is 3.80. The molecule has 0 saturated carbocycles. The SMILES string of the molecule is CC1C[C@@H](C(C)C)N(C(=O)C(C(C)C)C2CCOCC2)C1. The van der Waals surface area contributed by atoms with Crippen LogP contribution in [0.5, 0.6) is 0 Å². The molecule has 3 nitrogen and oxygen atoms in total. The molecule has 0 aromatic carbocycles. The predicted octanol–water partition coefficient (Wildman–Crippen LogP) is 3.58. The van der Waals surface area contributed by atoms with Gasteiger partial charge in [0.1, 0.15) is 0 Å². The highest BCUT2D eigenvalue weighted by Crippen LogP contribution is 2.35. The minimum Gasteiger partial charge on any atom is -0.381 e. The molecule has 2 unspecified atom stereocenters. The summed E-state index contributed by atoms with van der Waals surface area (Å²) in [5.74, 6) is 2.73. The second-order valence-corrected chi connectivity index (χ2v) is 7.86. The van der Waals surface area contributed by atoms with E-state index in [1.54, 1.807) is 0 Å². The molecule has 0 aromatic rings. The Labute approximate surface area is 130 Å². The molecule has 0 bridgehead atoms. The first kappa shape index (κ1) is 16.8. The van der Waals surface area contributed by atoms with E-state index in [0.29, 0.717) is 35.6 Å². The van der Waals surface area contributed by atoms with Gasteiger partial charge in [-0.15, -0.1) is 0 Å². The lowest BCUT2D eigenvalue weighted by molar-refractivity contribution is -0.142. The van der Waals surface area contributed by atoms with Gasteiger partial charge in [-0.05, 0) is 42.9 Å². The van der Waals surface area contributed by atoms with Crippen LogP contribution in [0.2, 0.25) is 0 Å². The van der Waals surface area contributed by atoms with Gasteiger partial charge in [0, 0.05) is 31.7 Å². The van der Waals surface area contributed by atoms with Crippen LogP contribution < -0.4 is 0 Å². The average molecular weight is 295 g/mol. The van der Waals surface area contributed by atoms with Crippen molar-refractivity contribution in [1.82, 2.24) is 4.90 Å². The standard InChI is InChI=1S/C18H33NO2/c1-12(2)16-10-14(5)11-19(16)18(20)17(13(3)4)15-6-8-21-9-7-15/h12-17H,6-11H2,1-5H3/t14?,16-,17?/m0/s1. The topological polar surface area (TPSA) is 29.5 Å². The second kappa shape index (κ2) is 7.13. The molecule has 0 N–H and O–H groups in total. The Morgan fingerprint density at radius 1 is 1.14 bits per heavy atom. The maximum absolute atomic E-state index is 13.2. The van der Waals surface area contributed by atoms with Gasteiger partial charge in [-0.2, -0.15) is 0 Å². The molecule has 2 fully saturated rings. The first-order valence-corrected chi connectivity index (χ1v) is 8.80. The fourth-order valence-electron chi connectivity index (χ4n) is 4.27. The zero-order chi connectivity index (χ0) is 15.6. The number of ether oxygens (including phenoxy) is 1. The molecule has 122 valence electrons. The van der Waals surface area contributed by atoms with Crippen LogP contribution in [0.4, 0.5) is 0 Å².